The predicted octanol–water partition coefficient (Wildman–Crippen LogP) is 4.46. The van der Waals surface area contributed by atoms with Gasteiger partial charge in [-0.2, -0.15) is 0 Å². The highest BCUT2D eigenvalue weighted by molar-refractivity contribution is 5.78. The number of hydrogen-bond donors (Lipinski definition) is 3. The largest absolute Gasteiger partial charge is 0.380 e. The van der Waals surface area contributed by atoms with Gasteiger partial charge in [-0.05, 0) is 39.5 Å². The standard InChI is InChI=1S/C24H48N2O5.C2H6/c1-10-19(27)14-21(3,4)17-30-18-22(5,6)16-25-20(28)15-24(9,29)26-13-12-23(7,8)31-11-2;1-2/h26,29H,10-18H2,1-9H3,(H,25,28);1-2H3. The van der Waals surface area contributed by atoms with Crippen molar-refractivity contribution < 1.29 is 24.2 Å². The van der Waals surface area contributed by atoms with Crippen molar-refractivity contribution in [2.24, 2.45) is 10.8 Å². The maximum Gasteiger partial charge on any atom is 0.224 e. The van der Waals surface area contributed by atoms with Crippen LogP contribution in [-0.4, -0.2) is 61.0 Å². The van der Waals surface area contributed by atoms with E-state index in [1.807, 2.05) is 69.2 Å². The summed E-state index contributed by atoms with van der Waals surface area (Å²) in [6.07, 6.45) is 1.74. The quantitative estimate of drug-likeness (QED) is 0.269. The van der Waals surface area contributed by atoms with Crippen LogP contribution < -0.4 is 10.6 Å². The van der Waals surface area contributed by atoms with Gasteiger partial charge in [0.05, 0.1) is 25.2 Å². The van der Waals surface area contributed by atoms with Crippen molar-refractivity contribution in [2.75, 3.05) is 32.9 Å². The molecule has 0 spiro atoms. The number of ketones is 1. The third-order valence-electron chi connectivity index (χ3n) is 5.09. The molecule has 0 saturated heterocycles. The smallest absolute Gasteiger partial charge is 0.224 e. The highest BCUT2D eigenvalue weighted by Gasteiger charge is 2.28. The van der Waals surface area contributed by atoms with E-state index in [0.717, 1.165) is 6.42 Å². The third kappa shape index (κ3) is 19.0. The summed E-state index contributed by atoms with van der Waals surface area (Å²) in [6.45, 7) is 24.1. The minimum atomic E-state index is -1.29. The molecule has 3 N–H and O–H groups in total. The lowest BCUT2D eigenvalue weighted by Crippen LogP contribution is -2.48. The normalized spacial score (nSPS) is 14.2. The van der Waals surface area contributed by atoms with Crippen molar-refractivity contribution in [2.45, 2.75) is 113 Å². The first-order valence-corrected chi connectivity index (χ1v) is 12.5. The number of Topliss-reactive ketones (excluding diaryl/α,β-unsaturated/α-hetero) is 1. The van der Waals surface area contributed by atoms with Crippen LogP contribution in [0.3, 0.4) is 0 Å². The Balaban J connectivity index is 0. The molecule has 0 aliphatic rings. The summed E-state index contributed by atoms with van der Waals surface area (Å²) < 4.78 is 11.5. The van der Waals surface area contributed by atoms with Crippen LogP contribution in [0.5, 0.6) is 0 Å². The van der Waals surface area contributed by atoms with Gasteiger partial charge in [-0.25, -0.2) is 0 Å². The van der Waals surface area contributed by atoms with Crippen LogP contribution in [0, 0.1) is 10.8 Å². The van der Waals surface area contributed by atoms with Crippen LogP contribution in [0.1, 0.15) is 102 Å². The van der Waals surface area contributed by atoms with Crippen LogP contribution in [0.4, 0.5) is 0 Å². The first-order chi connectivity index (χ1) is 15.0. The SMILES string of the molecule is CC.CCOC(C)(C)CCNC(C)(O)CC(=O)NCC(C)(C)COCC(C)(C)CC(=O)CC. The second-order valence-corrected chi connectivity index (χ2v) is 11.0. The molecular weight excluding hydrogens is 420 g/mol. The molecule has 0 aromatic carbocycles. The van der Waals surface area contributed by atoms with Gasteiger partial charge in [0.1, 0.15) is 11.5 Å². The van der Waals surface area contributed by atoms with E-state index in [1.54, 1.807) is 6.92 Å². The monoisotopic (exact) mass is 474 g/mol. The van der Waals surface area contributed by atoms with Gasteiger partial charge in [0.15, 0.2) is 0 Å². The molecule has 0 aromatic rings. The van der Waals surface area contributed by atoms with Gasteiger partial charge in [-0.1, -0.05) is 48.5 Å². The summed E-state index contributed by atoms with van der Waals surface area (Å²) in [7, 11) is 0. The molecule has 0 radical (unpaired) electrons. The number of amides is 1. The van der Waals surface area contributed by atoms with E-state index >= 15 is 0 Å². The van der Waals surface area contributed by atoms with Gasteiger partial charge < -0.3 is 19.9 Å². The molecule has 0 aromatic heterocycles. The zero-order valence-electron chi connectivity index (χ0n) is 23.4. The molecule has 0 bridgehead atoms. The van der Waals surface area contributed by atoms with Crippen molar-refractivity contribution in [3.05, 3.63) is 0 Å². The number of carbonyl (C=O) groups is 2. The number of nitrogens with one attached hydrogen (secondary N) is 2. The highest BCUT2D eigenvalue weighted by atomic mass is 16.5. The first kappa shape index (κ1) is 34.1. The van der Waals surface area contributed by atoms with Crippen molar-refractivity contribution in [1.82, 2.24) is 10.6 Å². The molecule has 33 heavy (non-hydrogen) atoms. The minimum Gasteiger partial charge on any atom is -0.380 e. The molecule has 0 saturated carbocycles. The lowest BCUT2D eigenvalue weighted by molar-refractivity contribution is -0.128. The molecule has 1 atom stereocenters. The number of carbonyl (C=O) groups excluding carboxylic acids is 2. The molecule has 1 unspecified atom stereocenters. The Kier molecular flexibility index (Phi) is 16.4. The first-order valence-electron chi connectivity index (χ1n) is 12.5. The molecule has 198 valence electrons. The minimum absolute atomic E-state index is 0.0365. The van der Waals surface area contributed by atoms with Gasteiger partial charge in [-0.15, -0.1) is 0 Å². The molecule has 7 nitrogen and oxygen atoms in total. The molecule has 0 aliphatic heterocycles. The summed E-state index contributed by atoms with van der Waals surface area (Å²) in [5, 5.41) is 16.4. The topological polar surface area (TPSA) is 96.9 Å². The zero-order valence-corrected chi connectivity index (χ0v) is 23.4. The van der Waals surface area contributed by atoms with Gasteiger partial charge in [-0.3, -0.25) is 14.9 Å². The summed E-state index contributed by atoms with van der Waals surface area (Å²) in [5.41, 5.74) is -2.03. The average Bonchev–Trinajstić information content (AvgIpc) is 2.66. The fraction of sp³-hybridized carbons (Fsp3) is 0.923. The van der Waals surface area contributed by atoms with Crippen molar-refractivity contribution in [1.29, 1.82) is 0 Å². The Bertz CT molecular complexity index is 557. The molecular formula is C26H54N2O5. The average molecular weight is 475 g/mol. The third-order valence-corrected chi connectivity index (χ3v) is 5.09. The second kappa shape index (κ2) is 15.8. The molecule has 0 aliphatic carbocycles. The maximum atomic E-state index is 12.3. The van der Waals surface area contributed by atoms with Crippen LogP contribution in [0.15, 0.2) is 0 Å². The Hall–Kier alpha value is -1.02. The van der Waals surface area contributed by atoms with Crippen molar-refractivity contribution in [3.8, 4) is 0 Å². The molecule has 0 fully saturated rings. The van der Waals surface area contributed by atoms with Crippen LogP contribution in [-0.2, 0) is 19.1 Å². The van der Waals surface area contributed by atoms with Crippen molar-refractivity contribution in [3.63, 3.8) is 0 Å². The van der Waals surface area contributed by atoms with E-state index in [1.165, 1.54) is 0 Å². The van der Waals surface area contributed by atoms with Crippen LogP contribution in [0.25, 0.3) is 0 Å². The van der Waals surface area contributed by atoms with Crippen molar-refractivity contribution >= 4 is 11.7 Å². The maximum absolute atomic E-state index is 12.3. The Morgan fingerprint density at radius 2 is 1.42 bits per heavy atom. The van der Waals surface area contributed by atoms with E-state index in [2.05, 4.69) is 10.6 Å². The number of aliphatic hydroxyl groups is 1. The summed E-state index contributed by atoms with van der Waals surface area (Å²) in [6, 6.07) is 0. The predicted molar refractivity (Wildman–Crippen MR) is 136 cm³/mol. The van der Waals surface area contributed by atoms with E-state index in [0.29, 0.717) is 45.8 Å². The number of hydrogen-bond acceptors (Lipinski definition) is 6. The van der Waals surface area contributed by atoms with Crippen LogP contribution >= 0.6 is 0 Å². The molecule has 0 heterocycles. The van der Waals surface area contributed by atoms with E-state index in [9.17, 15) is 14.7 Å². The van der Waals surface area contributed by atoms with Gasteiger partial charge in [0.2, 0.25) is 5.91 Å². The Morgan fingerprint density at radius 3 is 1.94 bits per heavy atom. The van der Waals surface area contributed by atoms with E-state index in [4.69, 9.17) is 9.47 Å². The zero-order chi connectivity index (χ0) is 26.3. The fourth-order valence-electron chi connectivity index (χ4n) is 3.24. The summed E-state index contributed by atoms with van der Waals surface area (Å²) in [5.74, 6) is 0.0192. The molecule has 1 amide bonds. The summed E-state index contributed by atoms with van der Waals surface area (Å²) in [4.78, 5) is 24.0. The molecule has 7 heteroatoms. The Labute approximate surface area is 203 Å². The van der Waals surface area contributed by atoms with Crippen LogP contribution in [0.2, 0.25) is 0 Å². The number of ether oxygens (including phenoxy) is 2. The second-order valence-electron chi connectivity index (χ2n) is 11.0. The van der Waals surface area contributed by atoms with E-state index < -0.39 is 5.72 Å². The Morgan fingerprint density at radius 1 is 0.879 bits per heavy atom. The number of rotatable bonds is 17. The van der Waals surface area contributed by atoms with Gasteiger partial charge >= 0.3 is 0 Å². The van der Waals surface area contributed by atoms with E-state index in [-0.39, 0.29) is 34.5 Å². The highest BCUT2D eigenvalue weighted by Crippen LogP contribution is 2.24. The van der Waals surface area contributed by atoms with Gasteiger partial charge in [0, 0.05) is 38.0 Å². The lowest BCUT2D eigenvalue weighted by atomic mass is 9.87. The summed E-state index contributed by atoms with van der Waals surface area (Å²) >= 11 is 0. The lowest BCUT2D eigenvalue weighted by Gasteiger charge is -2.30. The molecule has 0 rings (SSSR count). The van der Waals surface area contributed by atoms with Gasteiger partial charge in [0.25, 0.3) is 0 Å². The fourth-order valence-corrected chi connectivity index (χ4v) is 3.24.